The molecule has 0 saturated carbocycles. The Balaban J connectivity index is 2.30. The van der Waals surface area contributed by atoms with Crippen LogP contribution in [0.25, 0.3) is 10.8 Å². The zero-order valence-electron chi connectivity index (χ0n) is 10.6. The standard InChI is InChI=1S/C16H18BrCl/c1-2-3-4-9-16(18)14-10-11-15(17)13-8-6-5-7-12(13)14/h5-8,10-11,16H,2-4,9H2,1H3. The number of unbranched alkanes of at least 4 members (excludes halogenated alkanes) is 2. The molecule has 2 aromatic rings. The highest BCUT2D eigenvalue weighted by atomic mass is 79.9. The van der Waals surface area contributed by atoms with Gasteiger partial charge in [0.2, 0.25) is 0 Å². The molecule has 2 heteroatoms. The van der Waals surface area contributed by atoms with Crippen molar-refractivity contribution >= 4 is 38.3 Å². The summed E-state index contributed by atoms with van der Waals surface area (Å²) in [6, 6.07) is 12.7. The number of rotatable bonds is 5. The van der Waals surface area contributed by atoms with Gasteiger partial charge in [-0.3, -0.25) is 0 Å². The van der Waals surface area contributed by atoms with Gasteiger partial charge >= 0.3 is 0 Å². The fourth-order valence-corrected chi connectivity index (χ4v) is 3.11. The minimum atomic E-state index is 0.120. The first-order valence-electron chi connectivity index (χ1n) is 6.55. The van der Waals surface area contributed by atoms with Crippen LogP contribution in [0.3, 0.4) is 0 Å². The van der Waals surface area contributed by atoms with Crippen molar-refractivity contribution in [1.29, 1.82) is 0 Å². The second-order valence-electron chi connectivity index (χ2n) is 4.65. The van der Waals surface area contributed by atoms with Crippen molar-refractivity contribution in [2.24, 2.45) is 0 Å². The first-order chi connectivity index (χ1) is 8.74. The minimum Gasteiger partial charge on any atom is -0.118 e. The van der Waals surface area contributed by atoms with Crippen LogP contribution in [0.2, 0.25) is 0 Å². The van der Waals surface area contributed by atoms with Crippen molar-refractivity contribution in [2.75, 3.05) is 0 Å². The van der Waals surface area contributed by atoms with Crippen molar-refractivity contribution in [2.45, 2.75) is 38.0 Å². The molecule has 0 heterocycles. The zero-order valence-corrected chi connectivity index (χ0v) is 13.0. The molecule has 0 aliphatic carbocycles. The summed E-state index contributed by atoms with van der Waals surface area (Å²) in [5.74, 6) is 0. The minimum absolute atomic E-state index is 0.120. The van der Waals surface area contributed by atoms with Gasteiger partial charge < -0.3 is 0 Å². The van der Waals surface area contributed by atoms with E-state index in [-0.39, 0.29) is 5.38 Å². The molecule has 18 heavy (non-hydrogen) atoms. The van der Waals surface area contributed by atoms with Gasteiger partial charge in [0.05, 0.1) is 5.38 Å². The number of hydrogen-bond donors (Lipinski definition) is 0. The highest BCUT2D eigenvalue weighted by Crippen LogP contribution is 2.35. The Morgan fingerprint density at radius 2 is 1.78 bits per heavy atom. The quantitative estimate of drug-likeness (QED) is 0.437. The lowest BCUT2D eigenvalue weighted by molar-refractivity contribution is 0.657. The average molecular weight is 326 g/mol. The lowest BCUT2D eigenvalue weighted by Gasteiger charge is -2.13. The second-order valence-corrected chi connectivity index (χ2v) is 6.03. The normalized spacial score (nSPS) is 12.8. The van der Waals surface area contributed by atoms with Gasteiger partial charge in [-0.05, 0) is 28.8 Å². The number of alkyl halides is 1. The average Bonchev–Trinajstić information content (AvgIpc) is 2.39. The molecule has 0 aromatic heterocycles. The molecule has 2 aromatic carbocycles. The van der Waals surface area contributed by atoms with Gasteiger partial charge in [-0.1, -0.05) is 72.4 Å². The zero-order chi connectivity index (χ0) is 13.0. The van der Waals surface area contributed by atoms with Crippen molar-refractivity contribution in [3.63, 3.8) is 0 Å². The van der Waals surface area contributed by atoms with Crippen LogP contribution in [-0.4, -0.2) is 0 Å². The lowest BCUT2D eigenvalue weighted by Crippen LogP contribution is -1.93. The highest BCUT2D eigenvalue weighted by Gasteiger charge is 2.12. The fourth-order valence-electron chi connectivity index (χ4n) is 2.29. The Kier molecular flexibility index (Phi) is 5.08. The molecule has 0 aliphatic rings. The van der Waals surface area contributed by atoms with Crippen molar-refractivity contribution < 1.29 is 0 Å². The van der Waals surface area contributed by atoms with E-state index in [0.29, 0.717) is 0 Å². The lowest BCUT2D eigenvalue weighted by atomic mass is 9.99. The molecule has 0 spiro atoms. The van der Waals surface area contributed by atoms with E-state index in [1.54, 1.807) is 0 Å². The van der Waals surface area contributed by atoms with Crippen LogP contribution in [-0.2, 0) is 0 Å². The maximum atomic E-state index is 6.56. The summed E-state index contributed by atoms with van der Waals surface area (Å²) < 4.78 is 1.14. The van der Waals surface area contributed by atoms with Crippen LogP contribution >= 0.6 is 27.5 Å². The van der Waals surface area contributed by atoms with Crippen LogP contribution in [0.4, 0.5) is 0 Å². The van der Waals surface area contributed by atoms with Gasteiger partial charge in [-0.15, -0.1) is 11.6 Å². The fraction of sp³-hybridized carbons (Fsp3) is 0.375. The van der Waals surface area contributed by atoms with E-state index in [9.17, 15) is 0 Å². The highest BCUT2D eigenvalue weighted by molar-refractivity contribution is 9.10. The summed E-state index contributed by atoms with van der Waals surface area (Å²) in [4.78, 5) is 0. The summed E-state index contributed by atoms with van der Waals surface area (Å²) in [6.45, 7) is 2.22. The molecule has 0 N–H and O–H groups in total. The van der Waals surface area contributed by atoms with E-state index in [0.717, 1.165) is 10.9 Å². The molecular formula is C16H18BrCl. The maximum Gasteiger partial charge on any atom is 0.0591 e. The van der Waals surface area contributed by atoms with Crippen LogP contribution in [0.15, 0.2) is 40.9 Å². The summed E-state index contributed by atoms with van der Waals surface area (Å²) in [7, 11) is 0. The summed E-state index contributed by atoms with van der Waals surface area (Å²) in [5.41, 5.74) is 1.26. The van der Waals surface area contributed by atoms with E-state index in [1.165, 1.54) is 35.6 Å². The predicted octanol–water partition coefficient (Wildman–Crippen LogP) is 6.46. The number of fused-ring (bicyclic) bond motifs is 1. The van der Waals surface area contributed by atoms with Crippen LogP contribution in [0.1, 0.15) is 43.5 Å². The van der Waals surface area contributed by atoms with Crippen molar-refractivity contribution in [3.8, 4) is 0 Å². The Hall–Kier alpha value is -0.530. The van der Waals surface area contributed by atoms with Gasteiger partial charge in [0.1, 0.15) is 0 Å². The monoisotopic (exact) mass is 324 g/mol. The maximum absolute atomic E-state index is 6.56. The van der Waals surface area contributed by atoms with E-state index < -0.39 is 0 Å². The number of halogens is 2. The molecule has 1 unspecified atom stereocenters. The van der Waals surface area contributed by atoms with Crippen LogP contribution < -0.4 is 0 Å². The van der Waals surface area contributed by atoms with Gasteiger partial charge in [-0.2, -0.15) is 0 Å². The molecule has 0 radical (unpaired) electrons. The Morgan fingerprint density at radius 1 is 1.06 bits per heavy atom. The Labute approximate surface area is 122 Å². The largest absolute Gasteiger partial charge is 0.118 e. The molecule has 1 atom stereocenters. The Bertz CT molecular complexity index is 521. The van der Waals surface area contributed by atoms with E-state index in [4.69, 9.17) is 11.6 Å². The van der Waals surface area contributed by atoms with E-state index in [1.807, 2.05) is 0 Å². The van der Waals surface area contributed by atoms with Gasteiger partial charge in [-0.25, -0.2) is 0 Å². The van der Waals surface area contributed by atoms with Gasteiger partial charge in [0, 0.05) is 4.47 Å². The SMILES string of the molecule is CCCCCC(Cl)c1ccc(Br)c2ccccc12. The van der Waals surface area contributed by atoms with Crippen molar-refractivity contribution in [3.05, 3.63) is 46.4 Å². The number of hydrogen-bond acceptors (Lipinski definition) is 0. The molecule has 0 saturated heterocycles. The van der Waals surface area contributed by atoms with Gasteiger partial charge in [0.25, 0.3) is 0 Å². The smallest absolute Gasteiger partial charge is 0.0591 e. The van der Waals surface area contributed by atoms with E-state index >= 15 is 0 Å². The van der Waals surface area contributed by atoms with Gasteiger partial charge in [0.15, 0.2) is 0 Å². The molecule has 96 valence electrons. The Morgan fingerprint density at radius 3 is 2.50 bits per heavy atom. The third kappa shape index (κ3) is 3.07. The first kappa shape index (κ1) is 13.9. The number of benzene rings is 2. The van der Waals surface area contributed by atoms with Crippen LogP contribution in [0.5, 0.6) is 0 Å². The summed E-state index contributed by atoms with van der Waals surface area (Å²) >= 11 is 10.2. The van der Waals surface area contributed by atoms with Crippen molar-refractivity contribution in [1.82, 2.24) is 0 Å². The first-order valence-corrected chi connectivity index (χ1v) is 7.78. The molecule has 0 bridgehead atoms. The topological polar surface area (TPSA) is 0 Å². The second kappa shape index (κ2) is 6.58. The third-order valence-electron chi connectivity index (χ3n) is 3.30. The molecule has 0 fully saturated rings. The molecule has 2 rings (SSSR count). The molecular weight excluding hydrogens is 308 g/mol. The third-order valence-corrected chi connectivity index (χ3v) is 4.45. The molecule has 0 aliphatic heterocycles. The summed E-state index contributed by atoms with van der Waals surface area (Å²) in [5, 5.41) is 2.63. The van der Waals surface area contributed by atoms with Crippen LogP contribution in [0, 0.1) is 0 Å². The summed E-state index contributed by atoms with van der Waals surface area (Å²) in [6.07, 6.45) is 4.76. The molecule has 0 amide bonds. The predicted molar refractivity (Wildman–Crippen MR) is 84.4 cm³/mol. The molecule has 0 nitrogen and oxygen atoms in total. The van der Waals surface area contributed by atoms with E-state index in [2.05, 4.69) is 59.3 Å².